The molecule has 1 amide bonds. The number of para-hydroxylation sites is 1. The highest BCUT2D eigenvalue weighted by molar-refractivity contribution is 7.80. The molecule has 0 atom stereocenters. The molecule has 2 aromatic carbocycles. The van der Waals surface area contributed by atoms with Crippen LogP contribution in [0.15, 0.2) is 48.5 Å². The zero-order chi connectivity index (χ0) is 18.8. The van der Waals surface area contributed by atoms with Gasteiger partial charge < -0.3 is 9.80 Å². The molecular formula is C19H17ClN4OS2. The SMILES string of the molecule is O=C(NC(=S)N1CCN(c2nc3ccccc3s2)CC1)c1ccc(Cl)cc1. The zero-order valence-electron chi connectivity index (χ0n) is 14.4. The van der Waals surface area contributed by atoms with Crippen molar-refractivity contribution in [2.45, 2.75) is 0 Å². The van der Waals surface area contributed by atoms with E-state index >= 15 is 0 Å². The van der Waals surface area contributed by atoms with Crippen molar-refractivity contribution >= 4 is 61.5 Å². The topological polar surface area (TPSA) is 48.5 Å². The Hall–Kier alpha value is -2.22. The third-order valence-electron chi connectivity index (χ3n) is 4.45. The van der Waals surface area contributed by atoms with Crippen LogP contribution in [0.4, 0.5) is 5.13 Å². The van der Waals surface area contributed by atoms with E-state index in [1.54, 1.807) is 35.6 Å². The molecule has 0 spiro atoms. The van der Waals surface area contributed by atoms with Crippen molar-refractivity contribution in [3.63, 3.8) is 0 Å². The van der Waals surface area contributed by atoms with E-state index in [9.17, 15) is 4.79 Å². The largest absolute Gasteiger partial charge is 0.345 e. The average molecular weight is 417 g/mol. The second-order valence-electron chi connectivity index (χ2n) is 6.20. The van der Waals surface area contributed by atoms with Gasteiger partial charge >= 0.3 is 0 Å². The predicted molar refractivity (Wildman–Crippen MR) is 115 cm³/mol. The summed E-state index contributed by atoms with van der Waals surface area (Å²) in [6, 6.07) is 14.9. The number of carbonyl (C=O) groups is 1. The minimum absolute atomic E-state index is 0.217. The van der Waals surface area contributed by atoms with Gasteiger partial charge in [0.15, 0.2) is 10.2 Å². The van der Waals surface area contributed by atoms with E-state index in [1.165, 1.54) is 4.70 Å². The summed E-state index contributed by atoms with van der Waals surface area (Å²) >= 11 is 13.0. The molecule has 1 fully saturated rings. The summed E-state index contributed by atoms with van der Waals surface area (Å²) in [4.78, 5) is 21.3. The second-order valence-corrected chi connectivity index (χ2v) is 8.04. The Balaban J connectivity index is 1.35. The Bertz CT molecular complexity index is 948. The number of halogens is 1. The van der Waals surface area contributed by atoms with Crippen LogP contribution in [0.3, 0.4) is 0 Å². The Kier molecular flexibility index (Phi) is 5.24. The highest BCUT2D eigenvalue weighted by atomic mass is 35.5. The summed E-state index contributed by atoms with van der Waals surface area (Å²) in [6.45, 7) is 3.12. The van der Waals surface area contributed by atoms with Gasteiger partial charge in [-0.2, -0.15) is 0 Å². The number of anilines is 1. The van der Waals surface area contributed by atoms with Crippen LogP contribution in [0, 0.1) is 0 Å². The van der Waals surface area contributed by atoms with Gasteiger partial charge in [-0.25, -0.2) is 4.98 Å². The molecule has 1 aliphatic heterocycles. The highest BCUT2D eigenvalue weighted by Crippen LogP contribution is 2.29. The Morgan fingerprint density at radius 1 is 1.07 bits per heavy atom. The molecule has 2 heterocycles. The molecule has 1 saturated heterocycles. The number of hydrogen-bond donors (Lipinski definition) is 1. The van der Waals surface area contributed by atoms with E-state index < -0.39 is 0 Å². The highest BCUT2D eigenvalue weighted by Gasteiger charge is 2.22. The van der Waals surface area contributed by atoms with E-state index in [-0.39, 0.29) is 5.91 Å². The molecule has 1 N–H and O–H groups in total. The maximum Gasteiger partial charge on any atom is 0.257 e. The normalized spacial score (nSPS) is 14.4. The van der Waals surface area contributed by atoms with Gasteiger partial charge in [0, 0.05) is 36.8 Å². The van der Waals surface area contributed by atoms with Gasteiger partial charge in [-0.1, -0.05) is 35.1 Å². The van der Waals surface area contributed by atoms with Crippen molar-refractivity contribution in [2.24, 2.45) is 0 Å². The molecular weight excluding hydrogens is 400 g/mol. The Morgan fingerprint density at radius 3 is 2.48 bits per heavy atom. The first-order valence-electron chi connectivity index (χ1n) is 8.56. The fourth-order valence-corrected chi connectivity index (χ4v) is 4.36. The molecule has 0 bridgehead atoms. The number of fused-ring (bicyclic) bond motifs is 1. The number of carbonyl (C=O) groups excluding carboxylic acids is 1. The molecule has 1 aliphatic rings. The van der Waals surface area contributed by atoms with Crippen molar-refractivity contribution in [3.8, 4) is 0 Å². The van der Waals surface area contributed by atoms with Gasteiger partial charge in [0.25, 0.3) is 5.91 Å². The Labute approximate surface area is 171 Å². The molecule has 0 radical (unpaired) electrons. The lowest BCUT2D eigenvalue weighted by Gasteiger charge is -2.35. The van der Waals surface area contributed by atoms with Crippen molar-refractivity contribution in [1.82, 2.24) is 15.2 Å². The van der Waals surface area contributed by atoms with Crippen LogP contribution in [0.5, 0.6) is 0 Å². The number of nitrogens with one attached hydrogen (secondary N) is 1. The lowest BCUT2D eigenvalue weighted by molar-refractivity contribution is 0.0973. The number of piperazine rings is 1. The van der Waals surface area contributed by atoms with Crippen molar-refractivity contribution in [2.75, 3.05) is 31.1 Å². The first-order valence-corrected chi connectivity index (χ1v) is 10.2. The van der Waals surface area contributed by atoms with Crippen LogP contribution in [0.2, 0.25) is 5.02 Å². The summed E-state index contributed by atoms with van der Waals surface area (Å²) in [5.41, 5.74) is 1.57. The van der Waals surface area contributed by atoms with Gasteiger partial charge in [0.1, 0.15) is 0 Å². The third kappa shape index (κ3) is 4.05. The van der Waals surface area contributed by atoms with E-state index in [1.807, 2.05) is 23.1 Å². The lowest BCUT2D eigenvalue weighted by atomic mass is 10.2. The van der Waals surface area contributed by atoms with Crippen molar-refractivity contribution in [1.29, 1.82) is 0 Å². The molecule has 1 aromatic heterocycles. The lowest BCUT2D eigenvalue weighted by Crippen LogP contribution is -2.52. The number of rotatable bonds is 2. The van der Waals surface area contributed by atoms with Gasteiger partial charge in [-0.15, -0.1) is 0 Å². The van der Waals surface area contributed by atoms with E-state index in [2.05, 4.69) is 16.3 Å². The smallest absolute Gasteiger partial charge is 0.257 e. The van der Waals surface area contributed by atoms with E-state index in [0.29, 0.717) is 15.7 Å². The van der Waals surface area contributed by atoms with E-state index in [4.69, 9.17) is 28.8 Å². The number of amides is 1. The van der Waals surface area contributed by atoms with Crippen LogP contribution in [0.25, 0.3) is 10.2 Å². The fourth-order valence-electron chi connectivity index (χ4n) is 2.95. The quantitative estimate of drug-likeness (QED) is 0.644. The summed E-state index contributed by atoms with van der Waals surface area (Å²) < 4.78 is 1.20. The predicted octanol–water partition coefficient (Wildman–Crippen LogP) is 3.79. The van der Waals surface area contributed by atoms with Crippen LogP contribution >= 0.6 is 35.2 Å². The van der Waals surface area contributed by atoms with Crippen LogP contribution in [-0.2, 0) is 0 Å². The van der Waals surface area contributed by atoms with E-state index in [0.717, 1.165) is 36.8 Å². The number of benzene rings is 2. The molecule has 5 nitrogen and oxygen atoms in total. The number of thiazole rings is 1. The van der Waals surface area contributed by atoms with Gasteiger partial charge in [-0.05, 0) is 48.6 Å². The molecule has 138 valence electrons. The summed E-state index contributed by atoms with van der Waals surface area (Å²) in [5.74, 6) is -0.217. The van der Waals surface area contributed by atoms with Gasteiger partial charge in [0.05, 0.1) is 10.2 Å². The van der Waals surface area contributed by atoms with Crippen LogP contribution in [-0.4, -0.2) is 47.1 Å². The molecule has 0 unspecified atom stereocenters. The third-order valence-corrected chi connectivity index (χ3v) is 6.16. The average Bonchev–Trinajstić information content (AvgIpc) is 3.13. The summed E-state index contributed by atoms with van der Waals surface area (Å²) in [5, 5.41) is 4.89. The molecule has 27 heavy (non-hydrogen) atoms. The van der Waals surface area contributed by atoms with Crippen molar-refractivity contribution < 1.29 is 4.79 Å². The summed E-state index contributed by atoms with van der Waals surface area (Å²) in [7, 11) is 0. The maximum absolute atomic E-state index is 12.3. The second kappa shape index (κ2) is 7.80. The van der Waals surface area contributed by atoms with Gasteiger partial charge in [-0.3, -0.25) is 10.1 Å². The molecule has 0 aliphatic carbocycles. The number of thiocarbonyl (C=S) groups is 1. The molecule has 8 heteroatoms. The fraction of sp³-hybridized carbons (Fsp3) is 0.211. The van der Waals surface area contributed by atoms with Crippen LogP contribution in [0.1, 0.15) is 10.4 Å². The maximum atomic E-state index is 12.3. The molecule has 4 rings (SSSR count). The minimum Gasteiger partial charge on any atom is -0.345 e. The number of aromatic nitrogens is 1. The van der Waals surface area contributed by atoms with Gasteiger partial charge in [0.2, 0.25) is 0 Å². The number of nitrogens with zero attached hydrogens (tertiary/aromatic N) is 3. The monoisotopic (exact) mass is 416 g/mol. The van der Waals surface area contributed by atoms with Crippen molar-refractivity contribution in [3.05, 3.63) is 59.1 Å². The van der Waals surface area contributed by atoms with Crippen LogP contribution < -0.4 is 10.2 Å². The summed E-state index contributed by atoms with van der Waals surface area (Å²) in [6.07, 6.45) is 0. The number of hydrogen-bond acceptors (Lipinski definition) is 5. The first-order chi connectivity index (χ1) is 13.1. The zero-order valence-corrected chi connectivity index (χ0v) is 16.8. The minimum atomic E-state index is -0.217. The molecule has 0 saturated carbocycles. The standard InChI is InChI=1S/C19H17ClN4OS2/c20-14-7-5-13(6-8-14)17(25)22-18(26)23-9-11-24(12-10-23)19-21-15-3-1-2-4-16(15)27-19/h1-8H,9-12H2,(H,22,25,26). The molecule has 3 aromatic rings. The first kappa shape index (κ1) is 18.2. The Morgan fingerprint density at radius 2 is 1.78 bits per heavy atom.